The second kappa shape index (κ2) is 7.77. The molecule has 0 aliphatic heterocycles. The van der Waals surface area contributed by atoms with E-state index in [0.717, 1.165) is 24.8 Å². The van der Waals surface area contributed by atoms with E-state index < -0.39 is 0 Å². The summed E-state index contributed by atoms with van der Waals surface area (Å²) >= 11 is 0. The quantitative estimate of drug-likeness (QED) is 0.539. The monoisotopic (exact) mass is 207 g/mol. The van der Waals surface area contributed by atoms with Crippen LogP contribution in [0.2, 0.25) is 0 Å². The van der Waals surface area contributed by atoms with Gasteiger partial charge >= 0.3 is 0 Å². The molecule has 1 N–H and O–H groups in total. The van der Waals surface area contributed by atoms with Gasteiger partial charge in [0.05, 0.1) is 0 Å². The smallest absolute Gasteiger partial charge is 0.0214 e. The topological polar surface area (TPSA) is 12.0 Å². The van der Waals surface area contributed by atoms with Crippen molar-refractivity contribution in [1.82, 2.24) is 5.32 Å². The Morgan fingerprint density at radius 1 is 1.27 bits per heavy atom. The van der Waals surface area contributed by atoms with Gasteiger partial charge in [0.1, 0.15) is 0 Å². The molecule has 2 unspecified atom stereocenters. The lowest BCUT2D eigenvalue weighted by molar-refractivity contribution is 0.268. The SMILES string of the molecule is CC#CCCNCCC1CCCC(C)C1. The molecule has 0 aromatic rings. The summed E-state index contributed by atoms with van der Waals surface area (Å²) in [5, 5.41) is 3.48. The number of hydrogen-bond acceptors (Lipinski definition) is 1. The minimum Gasteiger partial charge on any atom is -0.316 e. The van der Waals surface area contributed by atoms with Crippen molar-refractivity contribution in [2.45, 2.75) is 52.4 Å². The molecule has 0 bridgehead atoms. The van der Waals surface area contributed by atoms with Crippen LogP contribution in [0.3, 0.4) is 0 Å². The van der Waals surface area contributed by atoms with Gasteiger partial charge in [-0.05, 0) is 38.1 Å². The van der Waals surface area contributed by atoms with Gasteiger partial charge in [-0.3, -0.25) is 0 Å². The molecule has 0 radical (unpaired) electrons. The number of hydrogen-bond donors (Lipinski definition) is 1. The van der Waals surface area contributed by atoms with Gasteiger partial charge < -0.3 is 5.32 Å². The van der Waals surface area contributed by atoms with E-state index in [2.05, 4.69) is 24.1 Å². The molecular weight excluding hydrogens is 182 g/mol. The Bertz CT molecular complexity index is 211. The van der Waals surface area contributed by atoms with Crippen LogP contribution in [0.5, 0.6) is 0 Å². The minimum absolute atomic E-state index is 0.967. The van der Waals surface area contributed by atoms with Crippen molar-refractivity contribution in [2.75, 3.05) is 13.1 Å². The van der Waals surface area contributed by atoms with Gasteiger partial charge in [0, 0.05) is 13.0 Å². The van der Waals surface area contributed by atoms with Gasteiger partial charge in [-0.15, -0.1) is 11.8 Å². The molecule has 15 heavy (non-hydrogen) atoms. The Balaban J connectivity index is 1.96. The van der Waals surface area contributed by atoms with Crippen LogP contribution in [0.4, 0.5) is 0 Å². The summed E-state index contributed by atoms with van der Waals surface area (Å²) in [7, 11) is 0. The molecule has 1 aliphatic carbocycles. The van der Waals surface area contributed by atoms with E-state index in [0.29, 0.717) is 0 Å². The van der Waals surface area contributed by atoms with Crippen LogP contribution < -0.4 is 5.32 Å². The Labute approximate surface area is 95.0 Å². The van der Waals surface area contributed by atoms with Crippen molar-refractivity contribution in [3.8, 4) is 11.8 Å². The van der Waals surface area contributed by atoms with E-state index in [9.17, 15) is 0 Å². The highest BCUT2D eigenvalue weighted by molar-refractivity contribution is 4.95. The third-order valence-corrected chi connectivity index (χ3v) is 3.38. The van der Waals surface area contributed by atoms with Crippen LogP contribution in [0, 0.1) is 23.7 Å². The highest BCUT2D eigenvalue weighted by Crippen LogP contribution is 2.30. The molecule has 0 aromatic carbocycles. The third kappa shape index (κ3) is 5.85. The lowest BCUT2D eigenvalue weighted by Gasteiger charge is -2.26. The fraction of sp³-hybridized carbons (Fsp3) is 0.857. The summed E-state index contributed by atoms with van der Waals surface area (Å²) in [4.78, 5) is 0. The normalized spacial score (nSPS) is 25.7. The summed E-state index contributed by atoms with van der Waals surface area (Å²) in [5.74, 6) is 7.96. The van der Waals surface area contributed by atoms with Crippen LogP contribution in [-0.2, 0) is 0 Å². The average Bonchev–Trinajstić information content (AvgIpc) is 2.23. The zero-order chi connectivity index (χ0) is 10.9. The molecule has 1 fully saturated rings. The summed E-state index contributed by atoms with van der Waals surface area (Å²) in [6.45, 7) is 6.55. The minimum atomic E-state index is 0.967. The molecule has 0 spiro atoms. The molecule has 1 rings (SSSR count). The van der Waals surface area contributed by atoms with Gasteiger partial charge in [-0.2, -0.15) is 0 Å². The van der Waals surface area contributed by atoms with Crippen LogP contribution in [-0.4, -0.2) is 13.1 Å². The predicted molar refractivity (Wildman–Crippen MR) is 66.7 cm³/mol. The van der Waals surface area contributed by atoms with Crippen molar-refractivity contribution in [1.29, 1.82) is 0 Å². The van der Waals surface area contributed by atoms with Crippen LogP contribution in [0.1, 0.15) is 52.4 Å². The molecule has 0 heterocycles. The number of nitrogens with one attached hydrogen (secondary N) is 1. The molecule has 2 atom stereocenters. The predicted octanol–water partition coefficient (Wildman–Crippen LogP) is 3.21. The summed E-state index contributed by atoms with van der Waals surface area (Å²) in [6.07, 6.45) is 8.18. The van der Waals surface area contributed by atoms with Crippen molar-refractivity contribution in [3.05, 3.63) is 0 Å². The van der Waals surface area contributed by atoms with Gasteiger partial charge in [0.15, 0.2) is 0 Å². The average molecular weight is 207 g/mol. The largest absolute Gasteiger partial charge is 0.316 e. The van der Waals surface area contributed by atoms with E-state index >= 15 is 0 Å². The first-order valence-corrected chi connectivity index (χ1v) is 6.43. The van der Waals surface area contributed by atoms with Crippen molar-refractivity contribution in [3.63, 3.8) is 0 Å². The van der Waals surface area contributed by atoms with Gasteiger partial charge in [0.2, 0.25) is 0 Å². The van der Waals surface area contributed by atoms with Crippen molar-refractivity contribution >= 4 is 0 Å². The first-order valence-electron chi connectivity index (χ1n) is 6.43. The molecule has 0 aromatic heterocycles. The second-order valence-electron chi connectivity index (χ2n) is 4.85. The lowest BCUT2D eigenvalue weighted by atomic mass is 9.81. The van der Waals surface area contributed by atoms with E-state index in [1.807, 2.05) is 6.92 Å². The highest BCUT2D eigenvalue weighted by Gasteiger charge is 2.17. The summed E-state index contributed by atoms with van der Waals surface area (Å²) in [6, 6.07) is 0. The Kier molecular flexibility index (Phi) is 6.52. The van der Waals surface area contributed by atoms with E-state index in [1.54, 1.807) is 0 Å². The van der Waals surface area contributed by atoms with Crippen LogP contribution in [0.15, 0.2) is 0 Å². The van der Waals surface area contributed by atoms with Gasteiger partial charge in [-0.25, -0.2) is 0 Å². The second-order valence-corrected chi connectivity index (χ2v) is 4.85. The Morgan fingerprint density at radius 3 is 2.87 bits per heavy atom. The van der Waals surface area contributed by atoms with E-state index in [4.69, 9.17) is 0 Å². The fourth-order valence-corrected chi connectivity index (χ4v) is 2.53. The standard InChI is InChI=1S/C14H25N/c1-3-4-5-10-15-11-9-14-8-6-7-13(2)12-14/h13-15H,5-12H2,1-2H3. The van der Waals surface area contributed by atoms with Crippen LogP contribution in [0.25, 0.3) is 0 Å². The van der Waals surface area contributed by atoms with Crippen molar-refractivity contribution < 1.29 is 0 Å². The molecule has 1 nitrogen and oxygen atoms in total. The van der Waals surface area contributed by atoms with E-state index in [-0.39, 0.29) is 0 Å². The first kappa shape index (κ1) is 12.6. The van der Waals surface area contributed by atoms with Crippen LogP contribution >= 0.6 is 0 Å². The maximum atomic E-state index is 3.48. The lowest BCUT2D eigenvalue weighted by Crippen LogP contribution is -2.21. The molecule has 0 amide bonds. The highest BCUT2D eigenvalue weighted by atomic mass is 14.8. The molecule has 1 aliphatic rings. The molecule has 86 valence electrons. The summed E-state index contributed by atoms with van der Waals surface area (Å²) in [5.41, 5.74) is 0. The first-order chi connectivity index (χ1) is 7.33. The zero-order valence-corrected chi connectivity index (χ0v) is 10.3. The summed E-state index contributed by atoms with van der Waals surface area (Å²) < 4.78 is 0. The molecule has 1 saturated carbocycles. The molecular formula is C14H25N. The van der Waals surface area contributed by atoms with E-state index in [1.165, 1.54) is 38.6 Å². The van der Waals surface area contributed by atoms with Gasteiger partial charge in [0.25, 0.3) is 0 Å². The Morgan fingerprint density at radius 2 is 2.13 bits per heavy atom. The maximum absolute atomic E-state index is 3.48. The zero-order valence-electron chi connectivity index (χ0n) is 10.3. The Hall–Kier alpha value is -0.480. The molecule has 1 heteroatoms. The fourth-order valence-electron chi connectivity index (χ4n) is 2.53. The van der Waals surface area contributed by atoms with Gasteiger partial charge in [-0.1, -0.05) is 26.2 Å². The maximum Gasteiger partial charge on any atom is 0.0214 e. The third-order valence-electron chi connectivity index (χ3n) is 3.38. The number of rotatable bonds is 5. The van der Waals surface area contributed by atoms with Crippen molar-refractivity contribution in [2.24, 2.45) is 11.8 Å². The molecule has 0 saturated heterocycles.